The lowest BCUT2D eigenvalue weighted by molar-refractivity contribution is -0.150. The molecule has 236 valence electrons. The number of benzene rings is 3. The minimum absolute atomic E-state index is 0.0393. The van der Waals surface area contributed by atoms with Gasteiger partial charge in [0.25, 0.3) is 0 Å². The predicted molar refractivity (Wildman–Crippen MR) is 180 cm³/mol. The van der Waals surface area contributed by atoms with Crippen LogP contribution in [0.4, 0.5) is 11.4 Å². The first-order chi connectivity index (χ1) is 22.6. The van der Waals surface area contributed by atoms with Crippen LogP contribution in [-0.4, -0.2) is 53.5 Å². The molecule has 1 N–H and O–H groups in total. The number of anilines is 2. The van der Waals surface area contributed by atoms with Crippen LogP contribution in [0.1, 0.15) is 41.5 Å². The van der Waals surface area contributed by atoms with Crippen LogP contribution < -0.4 is 10.2 Å². The third kappa shape index (κ3) is 6.42. The van der Waals surface area contributed by atoms with Crippen LogP contribution in [0.2, 0.25) is 0 Å². The van der Waals surface area contributed by atoms with Gasteiger partial charge in [0.15, 0.2) is 0 Å². The summed E-state index contributed by atoms with van der Waals surface area (Å²) in [5.74, 6) is 0.656. The zero-order chi connectivity index (χ0) is 31.3. The number of ether oxygens (including phenoxy) is 1. The number of hydrogen-bond donors (Lipinski definition) is 1. The number of morpholine rings is 1. The quantitative estimate of drug-likeness (QED) is 0.260. The number of nitrogens with zero attached hydrogens (tertiary/aromatic N) is 3. The number of aromatic nitrogens is 1. The van der Waals surface area contributed by atoms with Gasteiger partial charge in [-0.2, -0.15) is 0 Å². The molecule has 2 amide bonds. The molecule has 7 nitrogen and oxygen atoms in total. The maximum atomic E-state index is 14.8. The average molecular weight is 615 g/mol. The Morgan fingerprint density at radius 3 is 2.26 bits per heavy atom. The summed E-state index contributed by atoms with van der Waals surface area (Å²) in [6.07, 6.45) is 7.89. The Bertz CT molecular complexity index is 1640. The van der Waals surface area contributed by atoms with E-state index in [0.717, 1.165) is 68.1 Å². The third-order valence-electron chi connectivity index (χ3n) is 10.3. The van der Waals surface area contributed by atoms with E-state index < -0.39 is 5.54 Å². The van der Waals surface area contributed by atoms with Gasteiger partial charge < -0.3 is 19.9 Å². The number of carbonyl (C=O) groups is 2. The largest absolute Gasteiger partial charge is 0.378 e. The highest BCUT2D eigenvalue weighted by molar-refractivity contribution is 6.01. The molecule has 1 aliphatic heterocycles. The molecule has 2 aliphatic carbocycles. The van der Waals surface area contributed by atoms with Crippen molar-refractivity contribution in [1.82, 2.24) is 9.88 Å². The van der Waals surface area contributed by atoms with Crippen molar-refractivity contribution in [3.8, 4) is 0 Å². The zero-order valence-corrected chi connectivity index (χ0v) is 26.3. The molecule has 7 rings (SSSR count). The highest BCUT2D eigenvalue weighted by atomic mass is 16.5. The van der Waals surface area contributed by atoms with Crippen molar-refractivity contribution < 1.29 is 14.3 Å². The van der Waals surface area contributed by atoms with Crippen LogP contribution >= 0.6 is 0 Å². The minimum atomic E-state index is -1.00. The van der Waals surface area contributed by atoms with Crippen LogP contribution in [0.25, 0.3) is 0 Å². The first-order valence-electron chi connectivity index (χ1n) is 16.6. The average Bonchev–Trinajstić information content (AvgIpc) is 3.11. The molecule has 2 heterocycles. The molecule has 1 aromatic heterocycles. The number of nitrogens with one attached hydrogen (secondary N) is 1. The predicted octanol–water partition coefficient (Wildman–Crippen LogP) is 6.08. The Morgan fingerprint density at radius 2 is 1.54 bits per heavy atom. The molecule has 0 unspecified atom stereocenters. The minimum Gasteiger partial charge on any atom is -0.378 e. The molecule has 1 saturated heterocycles. The van der Waals surface area contributed by atoms with Gasteiger partial charge in [0.2, 0.25) is 11.8 Å². The van der Waals surface area contributed by atoms with Crippen molar-refractivity contribution in [2.24, 2.45) is 11.8 Å². The van der Waals surface area contributed by atoms with E-state index in [1.165, 1.54) is 11.1 Å². The third-order valence-corrected chi connectivity index (χ3v) is 10.3. The Kier molecular flexibility index (Phi) is 8.84. The molecule has 3 aliphatic rings. The molecular weight excluding hydrogens is 572 g/mol. The van der Waals surface area contributed by atoms with Gasteiger partial charge in [0.1, 0.15) is 5.54 Å². The van der Waals surface area contributed by atoms with E-state index in [1.54, 1.807) is 12.4 Å². The molecule has 3 atom stereocenters. The summed E-state index contributed by atoms with van der Waals surface area (Å²) in [6, 6.07) is 30.6. The van der Waals surface area contributed by atoms with Crippen molar-refractivity contribution in [1.29, 1.82) is 0 Å². The second-order valence-corrected chi connectivity index (χ2v) is 13.1. The maximum Gasteiger partial charge on any atom is 0.250 e. The second kappa shape index (κ2) is 13.5. The Hall–Kier alpha value is -4.49. The summed E-state index contributed by atoms with van der Waals surface area (Å²) in [7, 11) is 0. The van der Waals surface area contributed by atoms with Crippen LogP contribution in [0.5, 0.6) is 0 Å². The second-order valence-electron chi connectivity index (χ2n) is 13.1. The normalized spacial score (nSPS) is 22.3. The molecule has 3 aromatic carbocycles. The van der Waals surface area contributed by atoms with Crippen LogP contribution in [0.3, 0.4) is 0 Å². The van der Waals surface area contributed by atoms with E-state index in [9.17, 15) is 9.59 Å². The van der Waals surface area contributed by atoms with E-state index in [4.69, 9.17) is 4.74 Å². The Labute approximate surface area is 271 Å². The molecule has 2 fully saturated rings. The fourth-order valence-electron chi connectivity index (χ4n) is 7.81. The maximum absolute atomic E-state index is 14.8. The van der Waals surface area contributed by atoms with Gasteiger partial charge >= 0.3 is 0 Å². The molecule has 0 radical (unpaired) electrons. The lowest BCUT2D eigenvalue weighted by atomic mass is 9.62. The Morgan fingerprint density at radius 1 is 0.848 bits per heavy atom. The standard InChI is InChI=1S/C39H42N4O3/c44-37(23-29-7-2-1-3-8-29)43(28-30-9-6-18-40-27-30)39(17-16-33-24-31-10-4-5-11-32(31)25-34(33)26-39)38(45)41-35-12-14-36(15-13-35)42-19-21-46-22-20-42/h1-15,18,27,33-34H,16-17,19-26,28H2,(H,41,45)/t33-,34+,39+/m1/s1. The SMILES string of the molecule is O=C(Cc1ccccc1)N(Cc1cccnc1)[C@@]1(C(=O)Nc2ccc(N3CCOCC3)cc2)CC[C@@H]2Cc3ccccc3C[C@H]2C1. The van der Waals surface area contributed by atoms with E-state index in [1.807, 2.05) is 59.5 Å². The number of carbonyl (C=O) groups excluding carboxylic acids is 2. The van der Waals surface area contributed by atoms with Gasteiger partial charge in [0.05, 0.1) is 19.6 Å². The van der Waals surface area contributed by atoms with E-state index in [2.05, 4.69) is 51.6 Å². The van der Waals surface area contributed by atoms with Gasteiger partial charge in [-0.25, -0.2) is 0 Å². The van der Waals surface area contributed by atoms with Crippen molar-refractivity contribution in [3.05, 3.63) is 126 Å². The first kappa shape index (κ1) is 30.2. The number of rotatable bonds is 8. The Balaban J connectivity index is 1.23. The zero-order valence-electron chi connectivity index (χ0n) is 26.3. The van der Waals surface area contributed by atoms with Gasteiger partial charge in [-0.05, 0) is 96.5 Å². The van der Waals surface area contributed by atoms with Crippen LogP contribution in [0.15, 0.2) is 103 Å². The van der Waals surface area contributed by atoms with Crippen molar-refractivity contribution in [3.63, 3.8) is 0 Å². The molecule has 0 spiro atoms. The van der Waals surface area contributed by atoms with E-state index >= 15 is 0 Å². The van der Waals surface area contributed by atoms with Crippen molar-refractivity contribution in [2.75, 3.05) is 36.5 Å². The highest BCUT2D eigenvalue weighted by Gasteiger charge is 2.52. The van der Waals surface area contributed by atoms with Gasteiger partial charge in [-0.1, -0.05) is 60.7 Å². The molecule has 4 aromatic rings. The fraction of sp³-hybridized carbons (Fsp3) is 0.359. The number of pyridine rings is 1. The van der Waals surface area contributed by atoms with Crippen molar-refractivity contribution in [2.45, 2.75) is 50.6 Å². The molecule has 1 saturated carbocycles. The van der Waals surface area contributed by atoms with Gasteiger partial charge in [-0.3, -0.25) is 14.6 Å². The summed E-state index contributed by atoms with van der Waals surface area (Å²) in [4.78, 5) is 37.8. The summed E-state index contributed by atoms with van der Waals surface area (Å²) in [5.41, 5.74) is 5.52. The topological polar surface area (TPSA) is 74.8 Å². The van der Waals surface area contributed by atoms with Gasteiger partial charge in [-0.15, -0.1) is 0 Å². The molecule has 0 bridgehead atoms. The van der Waals surface area contributed by atoms with E-state index in [-0.39, 0.29) is 18.2 Å². The van der Waals surface area contributed by atoms with Crippen LogP contribution in [-0.2, 0) is 40.1 Å². The molecular formula is C39H42N4O3. The number of hydrogen-bond acceptors (Lipinski definition) is 5. The summed E-state index contributed by atoms with van der Waals surface area (Å²) in [5, 5.41) is 3.29. The lowest BCUT2D eigenvalue weighted by Crippen LogP contribution is -2.62. The smallest absolute Gasteiger partial charge is 0.250 e. The van der Waals surface area contributed by atoms with Gasteiger partial charge in [0, 0.05) is 43.4 Å². The number of fused-ring (bicyclic) bond motifs is 2. The van der Waals surface area contributed by atoms with Crippen molar-refractivity contribution >= 4 is 23.2 Å². The first-order valence-corrected chi connectivity index (χ1v) is 16.6. The van der Waals surface area contributed by atoms with E-state index in [0.29, 0.717) is 31.2 Å². The summed E-state index contributed by atoms with van der Waals surface area (Å²) < 4.78 is 5.52. The lowest BCUT2D eigenvalue weighted by Gasteiger charge is -2.51. The molecule has 46 heavy (non-hydrogen) atoms. The summed E-state index contributed by atoms with van der Waals surface area (Å²) >= 11 is 0. The monoisotopic (exact) mass is 614 g/mol. The van der Waals surface area contributed by atoms with Crippen LogP contribution in [0, 0.1) is 11.8 Å². The number of amides is 2. The summed E-state index contributed by atoms with van der Waals surface area (Å²) in [6.45, 7) is 3.48. The fourth-order valence-corrected chi connectivity index (χ4v) is 7.81. The highest BCUT2D eigenvalue weighted by Crippen LogP contribution is 2.47. The molecule has 7 heteroatoms.